The number of nitrogens with one attached hydrogen (secondary N) is 1. The van der Waals surface area contributed by atoms with Crippen LogP contribution in [0.15, 0.2) is 46.9 Å². The molecule has 1 amide bonds. The molecule has 0 aromatic heterocycles. The average molecular weight is 389 g/mol. The van der Waals surface area contributed by atoms with E-state index in [-0.39, 0.29) is 5.91 Å². The van der Waals surface area contributed by atoms with Crippen LogP contribution in [0.2, 0.25) is 10.0 Å². The van der Waals surface area contributed by atoms with E-state index in [1.807, 2.05) is 12.1 Å². The SMILES string of the molecule is CC(Oc1ccc(Br)cc1)C(=O)Nc1cccc(Cl)c1Cl. The summed E-state index contributed by atoms with van der Waals surface area (Å²) in [5.41, 5.74) is 0.459. The molecule has 1 unspecified atom stereocenters. The van der Waals surface area contributed by atoms with Crippen LogP contribution >= 0.6 is 39.1 Å². The van der Waals surface area contributed by atoms with Gasteiger partial charge in [-0.2, -0.15) is 0 Å². The van der Waals surface area contributed by atoms with E-state index in [0.29, 0.717) is 21.5 Å². The predicted molar refractivity (Wildman–Crippen MR) is 89.3 cm³/mol. The molecule has 2 aromatic carbocycles. The molecule has 0 aliphatic carbocycles. The second-order valence-corrected chi connectivity index (χ2v) is 6.01. The van der Waals surface area contributed by atoms with Crippen LogP contribution in [0.1, 0.15) is 6.92 Å². The molecule has 6 heteroatoms. The van der Waals surface area contributed by atoms with Gasteiger partial charge in [-0.3, -0.25) is 4.79 Å². The lowest BCUT2D eigenvalue weighted by Crippen LogP contribution is -2.30. The number of halogens is 3. The highest BCUT2D eigenvalue weighted by Gasteiger charge is 2.16. The first-order chi connectivity index (χ1) is 9.97. The number of carbonyl (C=O) groups is 1. The number of rotatable bonds is 4. The van der Waals surface area contributed by atoms with Crippen LogP contribution < -0.4 is 10.1 Å². The van der Waals surface area contributed by atoms with E-state index in [4.69, 9.17) is 27.9 Å². The molecule has 3 nitrogen and oxygen atoms in total. The standard InChI is InChI=1S/C15H12BrCl2NO2/c1-9(21-11-7-5-10(16)6-8-11)15(20)19-13-4-2-3-12(17)14(13)18/h2-9H,1H3,(H,19,20). The Hall–Kier alpha value is -1.23. The van der Waals surface area contributed by atoms with Crippen molar-refractivity contribution in [1.29, 1.82) is 0 Å². The number of hydrogen-bond acceptors (Lipinski definition) is 2. The van der Waals surface area contributed by atoms with Crippen molar-refractivity contribution in [3.05, 3.63) is 57.0 Å². The maximum atomic E-state index is 12.1. The Morgan fingerprint density at radius 3 is 2.52 bits per heavy atom. The highest BCUT2D eigenvalue weighted by molar-refractivity contribution is 9.10. The molecular formula is C15H12BrCl2NO2. The first-order valence-electron chi connectivity index (χ1n) is 6.14. The maximum absolute atomic E-state index is 12.1. The van der Waals surface area contributed by atoms with Gasteiger partial charge in [0, 0.05) is 4.47 Å². The van der Waals surface area contributed by atoms with Crippen molar-refractivity contribution in [2.24, 2.45) is 0 Å². The number of carbonyl (C=O) groups excluding carboxylic acids is 1. The zero-order valence-electron chi connectivity index (χ0n) is 11.1. The van der Waals surface area contributed by atoms with Crippen molar-refractivity contribution >= 4 is 50.7 Å². The molecule has 1 atom stereocenters. The second-order valence-electron chi connectivity index (χ2n) is 4.30. The molecule has 0 saturated heterocycles. The number of anilines is 1. The lowest BCUT2D eigenvalue weighted by atomic mass is 10.3. The molecule has 21 heavy (non-hydrogen) atoms. The Labute approximate surface area is 141 Å². The van der Waals surface area contributed by atoms with Gasteiger partial charge >= 0.3 is 0 Å². The third-order valence-corrected chi connectivity index (χ3v) is 4.05. The predicted octanol–water partition coefficient (Wildman–Crippen LogP) is 5.16. The van der Waals surface area contributed by atoms with Gasteiger partial charge in [0.2, 0.25) is 0 Å². The Morgan fingerprint density at radius 2 is 1.86 bits per heavy atom. The molecule has 2 aromatic rings. The summed E-state index contributed by atoms with van der Waals surface area (Å²) in [6.07, 6.45) is -0.666. The van der Waals surface area contributed by atoms with Gasteiger partial charge < -0.3 is 10.1 Å². The third-order valence-electron chi connectivity index (χ3n) is 2.71. The summed E-state index contributed by atoms with van der Waals surface area (Å²) < 4.78 is 6.51. The van der Waals surface area contributed by atoms with E-state index < -0.39 is 6.10 Å². The first-order valence-corrected chi connectivity index (χ1v) is 7.69. The van der Waals surface area contributed by atoms with Crippen molar-refractivity contribution < 1.29 is 9.53 Å². The van der Waals surface area contributed by atoms with Crippen molar-refractivity contribution in [1.82, 2.24) is 0 Å². The van der Waals surface area contributed by atoms with Gasteiger partial charge in [-0.15, -0.1) is 0 Å². The van der Waals surface area contributed by atoms with E-state index >= 15 is 0 Å². The lowest BCUT2D eigenvalue weighted by Gasteiger charge is -2.15. The molecule has 0 fully saturated rings. The van der Waals surface area contributed by atoms with Gasteiger partial charge in [0.25, 0.3) is 5.91 Å². The molecule has 0 spiro atoms. The molecule has 110 valence electrons. The van der Waals surface area contributed by atoms with Crippen LogP contribution in [-0.2, 0) is 4.79 Å². The number of ether oxygens (including phenoxy) is 1. The summed E-state index contributed by atoms with van der Waals surface area (Å²) in [6, 6.07) is 12.3. The van der Waals surface area contributed by atoms with Gasteiger partial charge in [0.05, 0.1) is 15.7 Å². The summed E-state index contributed by atoms with van der Waals surface area (Å²) in [7, 11) is 0. The molecule has 0 aliphatic rings. The van der Waals surface area contributed by atoms with Crippen molar-refractivity contribution in [2.45, 2.75) is 13.0 Å². The molecule has 0 bridgehead atoms. The minimum Gasteiger partial charge on any atom is -0.481 e. The van der Waals surface area contributed by atoms with Crippen LogP contribution in [-0.4, -0.2) is 12.0 Å². The van der Waals surface area contributed by atoms with Gasteiger partial charge in [-0.25, -0.2) is 0 Å². The van der Waals surface area contributed by atoms with Crippen LogP contribution in [0, 0.1) is 0 Å². The zero-order valence-corrected chi connectivity index (χ0v) is 14.2. The normalized spacial score (nSPS) is 11.8. The van der Waals surface area contributed by atoms with E-state index in [1.165, 1.54) is 0 Å². The van der Waals surface area contributed by atoms with Crippen molar-refractivity contribution in [3.8, 4) is 5.75 Å². The molecule has 1 N–H and O–H groups in total. The number of hydrogen-bond donors (Lipinski definition) is 1. The summed E-state index contributed by atoms with van der Waals surface area (Å²) in [5.74, 6) is 0.306. The van der Waals surface area contributed by atoms with Crippen molar-refractivity contribution in [2.75, 3.05) is 5.32 Å². The number of benzene rings is 2. The third kappa shape index (κ3) is 4.37. The highest BCUT2D eigenvalue weighted by Crippen LogP contribution is 2.29. The molecule has 0 saturated carbocycles. The van der Waals surface area contributed by atoms with Gasteiger partial charge in [0.15, 0.2) is 6.10 Å². The van der Waals surface area contributed by atoms with E-state index in [1.54, 1.807) is 37.3 Å². The maximum Gasteiger partial charge on any atom is 0.265 e. The largest absolute Gasteiger partial charge is 0.481 e. The van der Waals surface area contributed by atoms with E-state index in [9.17, 15) is 4.79 Å². The Kier molecular flexibility index (Phi) is 5.51. The van der Waals surface area contributed by atoms with Crippen LogP contribution in [0.4, 0.5) is 5.69 Å². The fourth-order valence-corrected chi connectivity index (χ4v) is 2.22. The number of amides is 1. The van der Waals surface area contributed by atoms with Gasteiger partial charge in [-0.1, -0.05) is 45.2 Å². The molecule has 0 radical (unpaired) electrons. The van der Waals surface area contributed by atoms with E-state index in [2.05, 4.69) is 21.2 Å². The smallest absolute Gasteiger partial charge is 0.265 e. The first kappa shape index (κ1) is 16.1. The highest BCUT2D eigenvalue weighted by atomic mass is 79.9. The second kappa shape index (κ2) is 7.16. The summed E-state index contributed by atoms with van der Waals surface area (Å²) in [5, 5.41) is 3.39. The van der Waals surface area contributed by atoms with Crippen molar-refractivity contribution in [3.63, 3.8) is 0 Å². The summed E-state index contributed by atoms with van der Waals surface area (Å²) >= 11 is 15.3. The zero-order chi connectivity index (χ0) is 15.4. The minimum absolute atomic E-state index is 0.304. The lowest BCUT2D eigenvalue weighted by molar-refractivity contribution is -0.122. The Bertz CT molecular complexity index is 647. The molecular weight excluding hydrogens is 377 g/mol. The molecule has 0 heterocycles. The Morgan fingerprint density at radius 1 is 1.19 bits per heavy atom. The van der Waals surface area contributed by atoms with Crippen LogP contribution in [0.5, 0.6) is 5.75 Å². The van der Waals surface area contributed by atoms with Crippen LogP contribution in [0.25, 0.3) is 0 Å². The molecule has 2 rings (SSSR count). The topological polar surface area (TPSA) is 38.3 Å². The summed E-state index contributed by atoms with van der Waals surface area (Å²) in [6.45, 7) is 1.66. The average Bonchev–Trinajstić information content (AvgIpc) is 2.46. The van der Waals surface area contributed by atoms with Crippen LogP contribution in [0.3, 0.4) is 0 Å². The fourth-order valence-electron chi connectivity index (χ4n) is 1.61. The quantitative estimate of drug-likeness (QED) is 0.785. The minimum atomic E-state index is -0.666. The Balaban J connectivity index is 2.02. The molecule has 0 aliphatic heterocycles. The van der Waals surface area contributed by atoms with Gasteiger partial charge in [0.1, 0.15) is 5.75 Å². The van der Waals surface area contributed by atoms with E-state index in [0.717, 1.165) is 4.47 Å². The van der Waals surface area contributed by atoms with Gasteiger partial charge in [-0.05, 0) is 43.3 Å². The fraction of sp³-hybridized carbons (Fsp3) is 0.133. The summed E-state index contributed by atoms with van der Waals surface area (Å²) in [4.78, 5) is 12.1. The monoisotopic (exact) mass is 387 g/mol.